The summed E-state index contributed by atoms with van der Waals surface area (Å²) in [7, 11) is 1.62. The summed E-state index contributed by atoms with van der Waals surface area (Å²) in [5, 5.41) is 16.8. The summed E-state index contributed by atoms with van der Waals surface area (Å²) in [5.74, 6) is 0.590. The molecule has 0 heterocycles. The molecule has 0 aliphatic rings. The second-order valence-electron chi connectivity index (χ2n) is 4.13. The van der Waals surface area contributed by atoms with Gasteiger partial charge in [-0.3, -0.25) is 4.79 Å². The van der Waals surface area contributed by atoms with Crippen LogP contribution in [0, 0.1) is 11.3 Å². The SMILES string of the molecule is COc1ccc(CC#N)cc1.O=C(CO)c1ccccc1. The maximum atomic E-state index is 10.8. The second-order valence-corrected chi connectivity index (χ2v) is 4.13. The van der Waals surface area contributed by atoms with Gasteiger partial charge in [-0.25, -0.2) is 0 Å². The topological polar surface area (TPSA) is 70.3 Å². The Bertz CT molecular complexity index is 586. The normalized spacial score (nSPS) is 9.00. The van der Waals surface area contributed by atoms with Crippen molar-refractivity contribution in [2.45, 2.75) is 6.42 Å². The van der Waals surface area contributed by atoms with Crippen molar-refractivity contribution in [3.05, 3.63) is 65.7 Å². The van der Waals surface area contributed by atoms with Gasteiger partial charge in [-0.1, -0.05) is 42.5 Å². The molecule has 2 aromatic rings. The van der Waals surface area contributed by atoms with Crippen molar-refractivity contribution in [1.29, 1.82) is 5.26 Å². The molecule has 2 rings (SSSR count). The smallest absolute Gasteiger partial charge is 0.188 e. The molecule has 0 atom stereocenters. The Morgan fingerprint density at radius 2 is 1.76 bits per heavy atom. The average molecular weight is 283 g/mol. The quantitative estimate of drug-likeness (QED) is 0.876. The zero-order chi connectivity index (χ0) is 15.5. The number of rotatable bonds is 4. The van der Waals surface area contributed by atoms with Crippen LogP contribution in [0.25, 0.3) is 0 Å². The monoisotopic (exact) mass is 283 g/mol. The minimum Gasteiger partial charge on any atom is -0.497 e. The number of methoxy groups -OCH3 is 1. The molecule has 0 aliphatic carbocycles. The molecule has 2 aromatic carbocycles. The first-order valence-electron chi connectivity index (χ1n) is 6.40. The fourth-order valence-corrected chi connectivity index (χ4v) is 1.55. The van der Waals surface area contributed by atoms with Crippen LogP contribution < -0.4 is 4.74 Å². The summed E-state index contributed by atoms with van der Waals surface area (Å²) in [6.07, 6.45) is 0.462. The van der Waals surface area contributed by atoms with Gasteiger partial charge in [0.15, 0.2) is 5.78 Å². The molecule has 0 aromatic heterocycles. The molecular formula is C17H17NO3. The number of Topliss-reactive ketones (excluding diaryl/α,β-unsaturated/α-hetero) is 1. The first kappa shape index (κ1) is 16.4. The second kappa shape index (κ2) is 9.29. The van der Waals surface area contributed by atoms with E-state index in [1.807, 2.05) is 30.3 Å². The summed E-state index contributed by atoms with van der Waals surface area (Å²) in [6, 6.07) is 18.3. The third-order valence-electron chi connectivity index (χ3n) is 2.68. The summed E-state index contributed by atoms with van der Waals surface area (Å²) < 4.78 is 4.96. The van der Waals surface area contributed by atoms with E-state index in [1.165, 1.54) is 0 Å². The van der Waals surface area contributed by atoms with Gasteiger partial charge >= 0.3 is 0 Å². The van der Waals surface area contributed by atoms with Crippen LogP contribution in [0.3, 0.4) is 0 Å². The van der Waals surface area contributed by atoms with Gasteiger partial charge in [-0.05, 0) is 17.7 Å². The highest BCUT2D eigenvalue weighted by Crippen LogP contribution is 2.10. The van der Waals surface area contributed by atoms with Gasteiger partial charge < -0.3 is 9.84 Å². The van der Waals surface area contributed by atoms with Crippen molar-refractivity contribution in [1.82, 2.24) is 0 Å². The number of nitrogens with zero attached hydrogens (tertiary/aromatic N) is 1. The van der Waals surface area contributed by atoms with E-state index in [0.29, 0.717) is 12.0 Å². The Kier molecular flexibility index (Phi) is 7.26. The number of ketones is 1. The molecule has 0 amide bonds. The van der Waals surface area contributed by atoms with Gasteiger partial charge in [0.25, 0.3) is 0 Å². The van der Waals surface area contributed by atoms with Gasteiger partial charge in [0.05, 0.1) is 19.6 Å². The first-order valence-corrected chi connectivity index (χ1v) is 6.40. The number of nitriles is 1. The lowest BCUT2D eigenvalue weighted by Gasteiger charge is -1.98. The van der Waals surface area contributed by atoms with Gasteiger partial charge in [-0.15, -0.1) is 0 Å². The van der Waals surface area contributed by atoms with Crippen LogP contribution in [0.1, 0.15) is 15.9 Å². The molecule has 1 N–H and O–H groups in total. The average Bonchev–Trinajstić information content (AvgIpc) is 2.56. The standard InChI is InChI=1S/C9H9NO.C8H8O2/c1-11-9-4-2-8(3-5-9)6-7-10;9-6-8(10)7-4-2-1-3-5-7/h2-5H,6H2,1H3;1-5,9H,6H2. The molecule has 0 aliphatic heterocycles. The lowest BCUT2D eigenvalue weighted by atomic mass is 10.1. The van der Waals surface area contributed by atoms with Crippen LogP contribution in [0.2, 0.25) is 0 Å². The van der Waals surface area contributed by atoms with Crippen LogP contribution >= 0.6 is 0 Å². The number of hydrogen-bond acceptors (Lipinski definition) is 4. The van der Waals surface area contributed by atoms with Crippen LogP contribution in [-0.2, 0) is 6.42 Å². The van der Waals surface area contributed by atoms with Crippen molar-refractivity contribution in [3.63, 3.8) is 0 Å². The predicted molar refractivity (Wildman–Crippen MR) is 80.2 cm³/mol. The maximum Gasteiger partial charge on any atom is 0.188 e. The number of hydrogen-bond donors (Lipinski definition) is 1. The highest BCUT2D eigenvalue weighted by Gasteiger charge is 1.99. The molecular weight excluding hydrogens is 266 g/mol. The molecule has 0 saturated carbocycles. The third-order valence-corrected chi connectivity index (χ3v) is 2.68. The number of aliphatic hydroxyl groups is 1. The number of ether oxygens (including phenoxy) is 1. The van der Waals surface area contributed by atoms with E-state index in [4.69, 9.17) is 15.1 Å². The molecule has 4 heteroatoms. The third kappa shape index (κ3) is 5.89. The Labute approximate surface area is 124 Å². The van der Waals surface area contributed by atoms with Gasteiger partial charge in [-0.2, -0.15) is 5.26 Å². The Morgan fingerprint density at radius 1 is 1.14 bits per heavy atom. The number of aliphatic hydroxyl groups excluding tert-OH is 1. The Balaban J connectivity index is 0.000000211. The molecule has 21 heavy (non-hydrogen) atoms. The lowest BCUT2D eigenvalue weighted by Crippen LogP contribution is -2.02. The molecule has 108 valence electrons. The number of carbonyl (C=O) groups excluding carboxylic acids is 1. The Morgan fingerprint density at radius 3 is 2.24 bits per heavy atom. The molecule has 4 nitrogen and oxygen atoms in total. The van der Waals surface area contributed by atoms with Crippen LogP contribution in [0.4, 0.5) is 0 Å². The first-order chi connectivity index (χ1) is 10.2. The zero-order valence-corrected chi connectivity index (χ0v) is 11.8. The van der Waals surface area contributed by atoms with Gasteiger partial charge in [0.2, 0.25) is 0 Å². The largest absolute Gasteiger partial charge is 0.497 e. The fraction of sp³-hybridized carbons (Fsp3) is 0.176. The molecule has 0 radical (unpaired) electrons. The van der Waals surface area contributed by atoms with E-state index in [1.54, 1.807) is 31.4 Å². The maximum absolute atomic E-state index is 10.8. The molecule has 0 bridgehead atoms. The predicted octanol–water partition coefficient (Wildman–Crippen LogP) is 2.62. The van der Waals surface area contributed by atoms with Crippen LogP contribution in [-0.4, -0.2) is 24.6 Å². The van der Waals surface area contributed by atoms with Crippen molar-refractivity contribution < 1.29 is 14.6 Å². The summed E-state index contributed by atoms with van der Waals surface area (Å²) >= 11 is 0. The highest BCUT2D eigenvalue weighted by atomic mass is 16.5. The van der Waals surface area contributed by atoms with Crippen molar-refractivity contribution in [3.8, 4) is 11.8 Å². The van der Waals surface area contributed by atoms with Crippen molar-refractivity contribution in [2.75, 3.05) is 13.7 Å². The molecule has 0 saturated heterocycles. The van der Waals surface area contributed by atoms with Crippen molar-refractivity contribution >= 4 is 5.78 Å². The van der Waals surface area contributed by atoms with E-state index in [0.717, 1.165) is 11.3 Å². The van der Waals surface area contributed by atoms with Crippen LogP contribution in [0.15, 0.2) is 54.6 Å². The number of benzene rings is 2. The molecule has 0 fully saturated rings. The van der Waals surface area contributed by atoms with Crippen molar-refractivity contribution in [2.24, 2.45) is 0 Å². The summed E-state index contributed by atoms with van der Waals surface area (Å²) in [6.45, 7) is -0.413. The molecule has 0 spiro atoms. The van der Waals surface area contributed by atoms with E-state index in [9.17, 15) is 4.79 Å². The minimum absolute atomic E-state index is 0.236. The number of carbonyl (C=O) groups is 1. The summed E-state index contributed by atoms with van der Waals surface area (Å²) in [5.41, 5.74) is 1.58. The van der Waals surface area contributed by atoms with Crippen LogP contribution in [0.5, 0.6) is 5.75 Å². The zero-order valence-electron chi connectivity index (χ0n) is 11.8. The van der Waals surface area contributed by atoms with Gasteiger partial charge in [0, 0.05) is 5.56 Å². The van der Waals surface area contributed by atoms with Gasteiger partial charge in [0.1, 0.15) is 12.4 Å². The van der Waals surface area contributed by atoms with E-state index in [-0.39, 0.29) is 5.78 Å². The molecule has 0 unspecified atom stereocenters. The van der Waals surface area contributed by atoms with E-state index < -0.39 is 6.61 Å². The Hall–Kier alpha value is -2.64. The summed E-state index contributed by atoms with van der Waals surface area (Å²) in [4.78, 5) is 10.8. The van der Waals surface area contributed by atoms with E-state index >= 15 is 0 Å². The minimum atomic E-state index is -0.413. The lowest BCUT2D eigenvalue weighted by molar-refractivity contribution is 0.0904. The van der Waals surface area contributed by atoms with E-state index in [2.05, 4.69) is 6.07 Å². The highest BCUT2D eigenvalue weighted by molar-refractivity contribution is 5.96. The fourth-order valence-electron chi connectivity index (χ4n) is 1.55.